The highest BCUT2D eigenvalue weighted by atomic mass is 32.2. The first-order valence-electron chi connectivity index (χ1n) is 6.65. The van der Waals surface area contributed by atoms with E-state index >= 15 is 0 Å². The fraction of sp³-hybridized carbons (Fsp3) is 0.188. The molecule has 1 heterocycles. The van der Waals surface area contributed by atoms with E-state index < -0.39 is 0 Å². The van der Waals surface area contributed by atoms with Crippen LogP contribution in [0.5, 0.6) is 5.75 Å². The van der Waals surface area contributed by atoms with E-state index in [4.69, 9.17) is 4.74 Å². The Kier molecular flexibility index (Phi) is 4.10. The summed E-state index contributed by atoms with van der Waals surface area (Å²) in [7, 11) is 0. The zero-order valence-electron chi connectivity index (χ0n) is 11.3. The Bertz CT molecular complexity index is 675. The molecule has 2 aromatic rings. The van der Waals surface area contributed by atoms with Crippen molar-refractivity contribution in [2.45, 2.75) is 11.3 Å². The summed E-state index contributed by atoms with van der Waals surface area (Å²) >= 11 is 1.19. The van der Waals surface area contributed by atoms with Gasteiger partial charge in [-0.05, 0) is 35.9 Å². The summed E-state index contributed by atoms with van der Waals surface area (Å²) in [4.78, 5) is 12.4. The summed E-state index contributed by atoms with van der Waals surface area (Å²) in [6, 6.07) is 12.0. The number of rotatable bonds is 4. The lowest BCUT2D eigenvalue weighted by Crippen LogP contribution is -2.14. The number of carbonyl (C=O) groups excluding carboxylic acids is 1. The number of anilines is 1. The number of amides is 1. The monoisotopic (exact) mass is 303 g/mol. The van der Waals surface area contributed by atoms with Gasteiger partial charge in [-0.3, -0.25) is 4.79 Å². The molecule has 0 atom stereocenters. The first-order valence-corrected chi connectivity index (χ1v) is 7.64. The summed E-state index contributed by atoms with van der Waals surface area (Å²) in [6.07, 6.45) is 0.864. The molecule has 0 saturated heterocycles. The third-order valence-electron chi connectivity index (χ3n) is 3.17. The van der Waals surface area contributed by atoms with Crippen molar-refractivity contribution in [3.05, 3.63) is 53.8 Å². The summed E-state index contributed by atoms with van der Waals surface area (Å²) in [5.41, 5.74) is 1.85. The van der Waals surface area contributed by atoms with Crippen molar-refractivity contribution in [1.29, 1.82) is 0 Å². The van der Waals surface area contributed by atoms with Gasteiger partial charge in [-0.15, -0.1) is 11.8 Å². The van der Waals surface area contributed by atoms with Crippen LogP contribution in [0.25, 0.3) is 0 Å². The van der Waals surface area contributed by atoms with E-state index in [-0.39, 0.29) is 17.5 Å². The van der Waals surface area contributed by atoms with Crippen LogP contribution < -0.4 is 10.1 Å². The lowest BCUT2D eigenvalue weighted by molar-refractivity contribution is -0.113. The molecule has 0 aromatic heterocycles. The molecule has 0 aliphatic carbocycles. The Morgan fingerprint density at radius 3 is 3.00 bits per heavy atom. The maximum absolute atomic E-state index is 13.5. The normalized spacial score (nSPS) is 12.6. The molecule has 0 unspecified atom stereocenters. The van der Waals surface area contributed by atoms with Gasteiger partial charge in [0.15, 0.2) is 0 Å². The molecule has 1 amide bonds. The molecule has 0 bridgehead atoms. The second kappa shape index (κ2) is 6.18. The van der Waals surface area contributed by atoms with E-state index in [0.29, 0.717) is 11.5 Å². The first kappa shape index (κ1) is 13.9. The van der Waals surface area contributed by atoms with E-state index in [1.165, 1.54) is 17.8 Å². The molecule has 21 heavy (non-hydrogen) atoms. The Morgan fingerprint density at radius 2 is 2.14 bits per heavy atom. The van der Waals surface area contributed by atoms with Gasteiger partial charge >= 0.3 is 0 Å². The van der Waals surface area contributed by atoms with Crippen LogP contribution in [0.1, 0.15) is 5.56 Å². The van der Waals surface area contributed by atoms with Crippen molar-refractivity contribution < 1.29 is 13.9 Å². The van der Waals surface area contributed by atoms with E-state index in [1.807, 2.05) is 18.2 Å². The molecule has 0 radical (unpaired) electrons. The van der Waals surface area contributed by atoms with Gasteiger partial charge in [-0.1, -0.05) is 12.1 Å². The van der Waals surface area contributed by atoms with Crippen molar-refractivity contribution in [3.63, 3.8) is 0 Å². The molecule has 0 fully saturated rings. The van der Waals surface area contributed by atoms with Crippen molar-refractivity contribution in [1.82, 2.24) is 0 Å². The zero-order valence-corrected chi connectivity index (χ0v) is 12.1. The van der Waals surface area contributed by atoms with Crippen LogP contribution in [0, 0.1) is 5.82 Å². The Hall–Kier alpha value is -2.01. The molecular weight excluding hydrogens is 289 g/mol. The number of nitrogens with one attached hydrogen (secondary N) is 1. The molecule has 108 valence electrons. The smallest absolute Gasteiger partial charge is 0.234 e. The minimum atomic E-state index is -0.301. The number of ether oxygens (including phenoxy) is 1. The van der Waals surface area contributed by atoms with Gasteiger partial charge in [0.05, 0.1) is 12.4 Å². The molecule has 1 N–H and O–H groups in total. The van der Waals surface area contributed by atoms with E-state index in [9.17, 15) is 9.18 Å². The molecule has 3 nitrogen and oxygen atoms in total. The first-order chi connectivity index (χ1) is 10.2. The van der Waals surface area contributed by atoms with Crippen LogP contribution in [0.3, 0.4) is 0 Å². The largest absolute Gasteiger partial charge is 0.493 e. The zero-order chi connectivity index (χ0) is 14.7. The summed E-state index contributed by atoms with van der Waals surface area (Å²) < 4.78 is 18.9. The van der Waals surface area contributed by atoms with Crippen LogP contribution in [-0.2, 0) is 11.2 Å². The summed E-state index contributed by atoms with van der Waals surface area (Å²) in [5, 5.41) is 2.82. The molecule has 0 spiro atoms. The molecule has 3 rings (SSSR count). The van der Waals surface area contributed by atoms with E-state index in [1.54, 1.807) is 18.2 Å². The van der Waals surface area contributed by atoms with Crippen LogP contribution in [0.2, 0.25) is 0 Å². The summed E-state index contributed by atoms with van der Waals surface area (Å²) in [5.74, 6) is 0.606. The number of fused-ring (bicyclic) bond motifs is 1. The number of halogens is 1. The average Bonchev–Trinajstić information content (AvgIpc) is 2.94. The van der Waals surface area contributed by atoms with Crippen LogP contribution in [0.15, 0.2) is 47.4 Å². The SMILES string of the molecule is O=C(CSc1ccccc1F)Nc1ccc2c(c1)CCO2. The second-order valence-corrected chi connectivity index (χ2v) is 5.71. The number of benzene rings is 2. The van der Waals surface area contributed by atoms with E-state index in [2.05, 4.69) is 5.32 Å². The standard InChI is InChI=1S/C16H14FNO2S/c17-13-3-1-2-4-15(13)21-10-16(19)18-12-5-6-14-11(9-12)7-8-20-14/h1-6,9H,7-8,10H2,(H,18,19). The molecule has 0 saturated carbocycles. The van der Waals surface area contributed by atoms with Gasteiger partial charge in [-0.25, -0.2) is 4.39 Å². The highest BCUT2D eigenvalue weighted by Crippen LogP contribution is 2.28. The topological polar surface area (TPSA) is 38.3 Å². The Labute approximate surface area is 126 Å². The average molecular weight is 303 g/mol. The van der Waals surface area contributed by atoms with E-state index in [0.717, 1.165) is 23.4 Å². The van der Waals surface area contributed by atoms with Crippen LogP contribution in [-0.4, -0.2) is 18.3 Å². The van der Waals surface area contributed by atoms with Gasteiger partial charge in [0.2, 0.25) is 5.91 Å². The minimum absolute atomic E-state index is 0.151. The van der Waals surface area contributed by atoms with Crippen molar-refractivity contribution in [3.8, 4) is 5.75 Å². The molecule has 1 aliphatic rings. The van der Waals surface area contributed by atoms with Crippen molar-refractivity contribution in [2.75, 3.05) is 17.7 Å². The van der Waals surface area contributed by atoms with Crippen LogP contribution >= 0.6 is 11.8 Å². The third-order valence-corrected chi connectivity index (χ3v) is 4.22. The van der Waals surface area contributed by atoms with Crippen molar-refractivity contribution >= 4 is 23.4 Å². The van der Waals surface area contributed by atoms with Crippen LogP contribution in [0.4, 0.5) is 10.1 Å². The lowest BCUT2D eigenvalue weighted by Gasteiger charge is -2.07. The minimum Gasteiger partial charge on any atom is -0.493 e. The van der Waals surface area contributed by atoms with Gasteiger partial charge < -0.3 is 10.1 Å². The fourth-order valence-corrected chi connectivity index (χ4v) is 2.91. The third kappa shape index (κ3) is 3.36. The van der Waals surface area contributed by atoms with Gasteiger partial charge in [0.25, 0.3) is 0 Å². The maximum Gasteiger partial charge on any atom is 0.234 e. The quantitative estimate of drug-likeness (QED) is 0.879. The molecule has 2 aromatic carbocycles. The summed E-state index contributed by atoms with van der Waals surface area (Å²) in [6.45, 7) is 0.690. The molecule has 5 heteroatoms. The predicted octanol–water partition coefficient (Wildman–Crippen LogP) is 3.49. The Balaban J connectivity index is 1.58. The predicted molar refractivity (Wildman–Crippen MR) is 81.4 cm³/mol. The van der Waals surface area contributed by atoms with Crippen molar-refractivity contribution in [2.24, 2.45) is 0 Å². The number of hydrogen-bond acceptors (Lipinski definition) is 3. The lowest BCUT2D eigenvalue weighted by atomic mass is 10.1. The Morgan fingerprint density at radius 1 is 1.29 bits per heavy atom. The maximum atomic E-state index is 13.5. The highest BCUT2D eigenvalue weighted by Gasteiger charge is 2.13. The number of carbonyl (C=O) groups is 1. The van der Waals surface area contributed by atoms with Gasteiger partial charge in [0.1, 0.15) is 11.6 Å². The number of hydrogen-bond donors (Lipinski definition) is 1. The molecular formula is C16H14FNO2S. The second-order valence-electron chi connectivity index (χ2n) is 4.69. The number of thioether (sulfide) groups is 1. The van der Waals surface area contributed by atoms with Gasteiger partial charge in [-0.2, -0.15) is 0 Å². The van der Waals surface area contributed by atoms with Gasteiger partial charge in [0, 0.05) is 17.0 Å². The molecule has 1 aliphatic heterocycles. The fourth-order valence-electron chi connectivity index (χ4n) is 2.17. The highest BCUT2D eigenvalue weighted by molar-refractivity contribution is 8.00.